The van der Waals surface area contributed by atoms with Gasteiger partial charge in [-0.1, -0.05) is 11.2 Å². The van der Waals surface area contributed by atoms with E-state index in [1.54, 1.807) is 42.5 Å². The summed E-state index contributed by atoms with van der Waals surface area (Å²) in [5.74, 6) is -0.0225. The van der Waals surface area contributed by atoms with Gasteiger partial charge in [-0.3, -0.25) is 4.79 Å². The first-order chi connectivity index (χ1) is 14.1. The number of anilines is 4. The highest BCUT2D eigenvalue weighted by Crippen LogP contribution is 2.25. The smallest absolute Gasteiger partial charge is 0.320 e. The fourth-order valence-electron chi connectivity index (χ4n) is 2.60. The number of imidazole rings is 1. The van der Waals surface area contributed by atoms with Crippen molar-refractivity contribution < 1.29 is 9.21 Å². The van der Waals surface area contributed by atoms with E-state index in [1.807, 2.05) is 0 Å². The summed E-state index contributed by atoms with van der Waals surface area (Å²) in [5, 5.41) is 21.1. The van der Waals surface area contributed by atoms with Crippen molar-refractivity contribution in [3.8, 4) is 11.5 Å². The average Bonchev–Trinajstić information content (AvgIpc) is 3.42. The van der Waals surface area contributed by atoms with Crippen LogP contribution in [0.15, 0.2) is 59.4 Å². The molecular weight excluding hydrogens is 372 g/mol. The number of carbonyl (C=O) groups is 1. The molecule has 0 atom stereocenters. The highest BCUT2D eigenvalue weighted by atomic mass is 16.4. The molecule has 0 aliphatic heterocycles. The van der Waals surface area contributed by atoms with Gasteiger partial charge in [0, 0.05) is 34.4 Å². The highest BCUT2D eigenvalue weighted by Gasteiger charge is 2.12. The van der Waals surface area contributed by atoms with E-state index in [4.69, 9.17) is 15.6 Å². The molecule has 10 nitrogen and oxygen atoms in total. The van der Waals surface area contributed by atoms with Crippen LogP contribution >= 0.6 is 0 Å². The Balaban J connectivity index is 1.51. The number of benzene rings is 2. The van der Waals surface area contributed by atoms with Gasteiger partial charge in [-0.2, -0.15) is 0 Å². The Morgan fingerprint density at radius 3 is 2.86 bits per heavy atom. The number of nitrogen functional groups attached to an aromatic ring is 1. The molecule has 2 heterocycles. The number of aromatic nitrogens is 4. The summed E-state index contributed by atoms with van der Waals surface area (Å²) in [6.45, 7) is 0. The van der Waals surface area contributed by atoms with Crippen molar-refractivity contribution in [2.24, 2.45) is 0 Å². The molecule has 0 unspecified atom stereocenters. The number of nitrogens with zero attached hydrogens (tertiary/aromatic N) is 3. The first-order valence-corrected chi connectivity index (χ1v) is 8.53. The van der Waals surface area contributed by atoms with Gasteiger partial charge in [0.15, 0.2) is 0 Å². The molecule has 0 radical (unpaired) electrons. The lowest BCUT2D eigenvalue weighted by Crippen LogP contribution is -2.12. The van der Waals surface area contributed by atoms with Crippen molar-refractivity contribution in [2.45, 2.75) is 0 Å². The van der Waals surface area contributed by atoms with Gasteiger partial charge in [0.2, 0.25) is 5.89 Å². The van der Waals surface area contributed by atoms with E-state index < -0.39 is 0 Å². The average molecular weight is 388 g/mol. The van der Waals surface area contributed by atoms with Crippen molar-refractivity contribution in [3.05, 3.63) is 66.2 Å². The molecule has 2 aromatic heterocycles. The molecule has 2 aromatic carbocycles. The van der Waals surface area contributed by atoms with Crippen LogP contribution in [0.5, 0.6) is 0 Å². The Labute approximate surface area is 164 Å². The second-order valence-electron chi connectivity index (χ2n) is 6.03. The quantitative estimate of drug-likeness (QED) is 0.251. The maximum absolute atomic E-state index is 12.1. The van der Waals surface area contributed by atoms with Crippen LogP contribution in [0.25, 0.3) is 11.5 Å². The van der Waals surface area contributed by atoms with E-state index in [0.29, 0.717) is 33.9 Å². The number of nitrogens with one attached hydrogen (secondary N) is 4. The van der Waals surface area contributed by atoms with Crippen molar-refractivity contribution >= 4 is 35.2 Å². The number of H-pyrrole nitrogens is 1. The zero-order chi connectivity index (χ0) is 20.2. The van der Waals surface area contributed by atoms with Crippen LogP contribution in [0.4, 0.5) is 23.1 Å². The molecule has 0 spiro atoms. The van der Waals surface area contributed by atoms with Crippen LogP contribution in [0.2, 0.25) is 0 Å². The number of aromatic amines is 1. The Morgan fingerprint density at radius 2 is 2.07 bits per heavy atom. The van der Waals surface area contributed by atoms with Crippen LogP contribution in [-0.4, -0.2) is 32.3 Å². The van der Waals surface area contributed by atoms with Gasteiger partial charge in [0.1, 0.15) is 5.69 Å². The topological polar surface area (TPSA) is 159 Å². The van der Waals surface area contributed by atoms with Crippen LogP contribution in [-0.2, 0) is 0 Å². The molecule has 0 fully saturated rings. The minimum Gasteiger partial charge on any atom is -0.403 e. The molecular formula is C19H16N8O2. The van der Waals surface area contributed by atoms with E-state index >= 15 is 0 Å². The fraction of sp³-hybridized carbons (Fsp3) is 0. The number of amides is 1. The standard InChI is InChI=1S/C19H16N8O2/c20-8-12-7-14(4-5-15(12)21)25-19-27-26-18(29-19)11-2-1-3-13(6-11)24-17(28)16-9-22-10-23-16/h1-10,20H,21H2,(H,22,23)(H,24,28)(H,25,27). The fourth-order valence-corrected chi connectivity index (χ4v) is 2.60. The molecule has 29 heavy (non-hydrogen) atoms. The third kappa shape index (κ3) is 3.95. The molecule has 0 aliphatic carbocycles. The molecule has 0 saturated carbocycles. The summed E-state index contributed by atoms with van der Waals surface area (Å²) in [5.41, 5.74) is 9.10. The van der Waals surface area contributed by atoms with Crippen LogP contribution in [0.3, 0.4) is 0 Å². The largest absolute Gasteiger partial charge is 0.403 e. The number of rotatable bonds is 6. The van der Waals surface area contributed by atoms with Gasteiger partial charge in [0.25, 0.3) is 5.91 Å². The SMILES string of the molecule is N=Cc1cc(Nc2nnc(-c3cccc(NC(=O)c4cnc[nH]4)c3)o2)ccc1N. The van der Waals surface area contributed by atoms with Gasteiger partial charge in [-0.25, -0.2) is 4.98 Å². The van der Waals surface area contributed by atoms with Gasteiger partial charge < -0.3 is 31.2 Å². The predicted octanol–water partition coefficient (Wildman–Crippen LogP) is 3.04. The Kier molecular flexibility index (Phi) is 4.72. The lowest BCUT2D eigenvalue weighted by atomic mass is 10.2. The number of nitrogens with two attached hydrogens (primary N) is 1. The minimum atomic E-state index is -0.308. The van der Waals surface area contributed by atoms with Crippen LogP contribution < -0.4 is 16.4 Å². The molecule has 4 rings (SSSR count). The van der Waals surface area contributed by atoms with Gasteiger partial charge in [-0.15, -0.1) is 5.10 Å². The lowest BCUT2D eigenvalue weighted by Gasteiger charge is -2.05. The molecule has 0 aliphatic rings. The Hall–Kier alpha value is -4.47. The number of hydrogen-bond acceptors (Lipinski definition) is 8. The normalized spacial score (nSPS) is 10.5. The minimum absolute atomic E-state index is 0.188. The van der Waals surface area contributed by atoms with E-state index in [1.165, 1.54) is 18.7 Å². The van der Waals surface area contributed by atoms with E-state index in [0.717, 1.165) is 0 Å². The number of hydrogen-bond donors (Lipinski definition) is 5. The van der Waals surface area contributed by atoms with Crippen molar-refractivity contribution in [2.75, 3.05) is 16.4 Å². The Morgan fingerprint density at radius 1 is 1.17 bits per heavy atom. The van der Waals surface area contributed by atoms with Crippen molar-refractivity contribution in [1.82, 2.24) is 20.2 Å². The summed E-state index contributed by atoms with van der Waals surface area (Å²) >= 11 is 0. The molecule has 4 aromatic rings. The summed E-state index contributed by atoms with van der Waals surface area (Å²) in [6.07, 6.45) is 4.05. The summed E-state index contributed by atoms with van der Waals surface area (Å²) in [7, 11) is 0. The monoisotopic (exact) mass is 388 g/mol. The molecule has 10 heteroatoms. The third-order valence-electron chi connectivity index (χ3n) is 4.03. The van der Waals surface area contributed by atoms with E-state index in [-0.39, 0.29) is 17.8 Å². The Bertz CT molecular complexity index is 1170. The lowest BCUT2D eigenvalue weighted by molar-refractivity contribution is 0.102. The van der Waals surface area contributed by atoms with Crippen molar-refractivity contribution in [3.63, 3.8) is 0 Å². The molecule has 0 saturated heterocycles. The number of carbonyl (C=O) groups excluding carboxylic acids is 1. The summed E-state index contributed by atoms with van der Waals surface area (Å²) in [4.78, 5) is 18.7. The molecule has 1 amide bonds. The summed E-state index contributed by atoms with van der Waals surface area (Å²) in [6, 6.07) is 12.4. The van der Waals surface area contributed by atoms with Crippen molar-refractivity contribution in [1.29, 1.82) is 5.41 Å². The van der Waals surface area contributed by atoms with E-state index in [9.17, 15) is 4.79 Å². The van der Waals surface area contributed by atoms with Crippen LogP contribution in [0.1, 0.15) is 16.1 Å². The molecule has 0 bridgehead atoms. The molecule has 144 valence electrons. The van der Waals surface area contributed by atoms with Gasteiger partial charge in [-0.05, 0) is 36.4 Å². The van der Waals surface area contributed by atoms with Crippen LogP contribution in [0, 0.1) is 5.41 Å². The van der Waals surface area contributed by atoms with Gasteiger partial charge in [0.05, 0.1) is 12.5 Å². The first-order valence-electron chi connectivity index (χ1n) is 8.53. The zero-order valence-corrected chi connectivity index (χ0v) is 15.0. The maximum Gasteiger partial charge on any atom is 0.320 e. The summed E-state index contributed by atoms with van der Waals surface area (Å²) < 4.78 is 5.66. The van der Waals surface area contributed by atoms with Gasteiger partial charge >= 0.3 is 6.01 Å². The maximum atomic E-state index is 12.1. The second-order valence-corrected chi connectivity index (χ2v) is 6.03. The molecule has 6 N–H and O–H groups in total. The first kappa shape index (κ1) is 17.9. The predicted molar refractivity (Wildman–Crippen MR) is 108 cm³/mol. The highest BCUT2D eigenvalue weighted by molar-refractivity contribution is 6.02. The second kappa shape index (κ2) is 7.64. The third-order valence-corrected chi connectivity index (χ3v) is 4.03. The van der Waals surface area contributed by atoms with E-state index in [2.05, 4.69) is 30.8 Å². The zero-order valence-electron chi connectivity index (χ0n) is 15.0.